The van der Waals surface area contributed by atoms with Crippen molar-refractivity contribution in [2.75, 3.05) is 0 Å². The molecule has 0 saturated heterocycles. The van der Waals surface area contributed by atoms with Gasteiger partial charge in [-0.15, -0.1) is 0 Å². The Morgan fingerprint density at radius 1 is 1.33 bits per heavy atom. The lowest BCUT2D eigenvalue weighted by Gasteiger charge is -2.08. The van der Waals surface area contributed by atoms with E-state index in [-0.39, 0.29) is 5.92 Å². The lowest BCUT2D eigenvalue weighted by atomic mass is 9.97. The summed E-state index contributed by atoms with van der Waals surface area (Å²) in [4.78, 5) is 0. The Morgan fingerprint density at radius 3 is 2.42 bits per heavy atom. The maximum atomic E-state index is 8.55. The molecule has 0 aliphatic heterocycles. The lowest BCUT2D eigenvalue weighted by molar-refractivity contribution is 0.316. The van der Waals surface area contributed by atoms with E-state index in [0.29, 0.717) is 0 Å². The number of rotatable bonds is 2. The first-order chi connectivity index (χ1) is 5.75. The number of hydrogen-bond acceptors (Lipinski definition) is 2. The van der Waals surface area contributed by atoms with Gasteiger partial charge in [0.2, 0.25) is 0 Å². The average molecular weight is 163 g/mol. The van der Waals surface area contributed by atoms with Crippen LogP contribution in [0, 0.1) is 0 Å². The van der Waals surface area contributed by atoms with Gasteiger partial charge in [0.15, 0.2) is 0 Å². The first kappa shape index (κ1) is 8.78. The van der Waals surface area contributed by atoms with Gasteiger partial charge in [0.05, 0.1) is 5.71 Å². The van der Waals surface area contributed by atoms with E-state index in [4.69, 9.17) is 5.21 Å². The molecular weight excluding hydrogens is 150 g/mol. The molecule has 12 heavy (non-hydrogen) atoms. The fourth-order valence-corrected chi connectivity index (χ4v) is 1.07. The Labute approximate surface area is 72.5 Å². The highest BCUT2D eigenvalue weighted by atomic mass is 16.4. The molecule has 2 heteroatoms. The Balaban J connectivity index is 2.86. The van der Waals surface area contributed by atoms with E-state index >= 15 is 0 Å². The minimum atomic E-state index is 0.191. The Bertz CT molecular complexity index is 266. The van der Waals surface area contributed by atoms with E-state index in [2.05, 4.69) is 5.16 Å². The molecule has 0 fully saturated rings. The van der Waals surface area contributed by atoms with Crippen molar-refractivity contribution >= 4 is 5.71 Å². The molecule has 1 atom stereocenters. The van der Waals surface area contributed by atoms with Gasteiger partial charge in [-0.25, -0.2) is 0 Å². The molecule has 64 valence electrons. The molecular formula is C10H13NO. The smallest absolute Gasteiger partial charge is 0.0611 e. The summed E-state index contributed by atoms with van der Waals surface area (Å²) in [6.45, 7) is 3.84. The van der Waals surface area contributed by atoms with Crippen LogP contribution in [-0.4, -0.2) is 10.9 Å². The average Bonchev–Trinajstić information content (AvgIpc) is 2.17. The van der Waals surface area contributed by atoms with Gasteiger partial charge in [0, 0.05) is 5.92 Å². The van der Waals surface area contributed by atoms with Gasteiger partial charge in [0.1, 0.15) is 0 Å². The molecule has 0 aliphatic rings. The normalized spacial score (nSPS) is 14.3. The van der Waals surface area contributed by atoms with Crippen LogP contribution in [0.2, 0.25) is 0 Å². The second-order valence-corrected chi connectivity index (χ2v) is 2.87. The summed E-state index contributed by atoms with van der Waals surface area (Å²) < 4.78 is 0. The third kappa shape index (κ3) is 1.84. The zero-order valence-corrected chi connectivity index (χ0v) is 7.36. The molecule has 2 nitrogen and oxygen atoms in total. The predicted molar refractivity (Wildman–Crippen MR) is 49.8 cm³/mol. The molecule has 0 aliphatic carbocycles. The van der Waals surface area contributed by atoms with Crippen LogP contribution in [0.1, 0.15) is 25.3 Å². The van der Waals surface area contributed by atoms with E-state index < -0.39 is 0 Å². The van der Waals surface area contributed by atoms with Crippen molar-refractivity contribution in [3.05, 3.63) is 35.9 Å². The molecule has 1 rings (SSSR count). The standard InChI is InChI=1S/C10H13NO/c1-8(9(2)11-12)10-6-4-3-5-7-10/h3-8,12H,1-2H3/b11-9+/t8-/m0/s1. The van der Waals surface area contributed by atoms with Crippen molar-refractivity contribution in [3.63, 3.8) is 0 Å². The largest absolute Gasteiger partial charge is 0.411 e. The summed E-state index contributed by atoms with van der Waals surface area (Å²) >= 11 is 0. The van der Waals surface area contributed by atoms with Crippen LogP contribution in [0.5, 0.6) is 0 Å². The zero-order valence-electron chi connectivity index (χ0n) is 7.36. The molecule has 0 radical (unpaired) electrons. The van der Waals surface area contributed by atoms with E-state index in [0.717, 1.165) is 5.71 Å². The monoisotopic (exact) mass is 163 g/mol. The summed E-state index contributed by atoms with van der Waals surface area (Å²) in [5.41, 5.74) is 1.91. The Morgan fingerprint density at radius 2 is 1.92 bits per heavy atom. The van der Waals surface area contributed by atoms with Crippen molar-refractivity contribution < 1.29 is 5.21 Å². The van der Waals surface area contributed by atoms with Crippen LogP contribution in [0.3, 0.4) is 0 Å². The van der Waals surface area contributed by atoms with Gasteiger partial charge in [0.25, 0.3) is 0 Å². The van der Waals surface area contributed by atoms with Crippen LogP contribution in [-0.2, 0) is 0 Å². The molecule has 0 amide bonds. The summed E-state index contributed by atoms with van der Waals surface area (Å²) in [5, 5.41) is 11.7. The molecule has 0 bridgehead atoms. The van der Waals surface area contributed by atoms with Crippen molar-refractivity contribution in [2.24, 2.45) is 5.16 Å². The highest BCUT2D eigenvalue weighted by molar-refractivity contribution is 5.87. The number of hydrogen-bond donors (Lipinski definition) is 1. The van der Waals surface area contributed by atoms with Crippen molar-refractivity contribution in [1.82, 2.24) is 0 Å². The molecule has 0 spiro atoms. The molecule has 1 aromatic rings. The summed E-state index contributed by atoms with van der Waals surface area (Å²) in [6.07, 6.45) is 0. The predicted octanol–water partition coefficient (Wildman–Crippen LogP) is 2.64. The first-order valence-corrected chi connectivity index (χ1v) is 3.99. The Hall–Kier alpha value is -1.31. The third-order valence-corrected chi connectivity index (χ3v) is 2.08. The second-order valence-electron chi connectivity index (χ2n) is 2.87. The SMILES string of the molecule is C/C(=N\O)[C@H](C)c1ccccc1. The maximum Gasteiger partial charge on any atom is 0.0611 e. The van der Waals surface area contributed by atoms with Gasteiger partial charge in [-0.05, 0) is 12.5 Å². The number of oxime groups is 1. The zero-order chi connectivity index (χ0) is 8.97. The first-order valence-electron chi connectivity index (χ1n) is 3.99. The highest BCUT2D eigenvalue weighted by Crippen LogP contribution is 2.15. The third-order valence-electron chi connectivity index (χ3n) is 2.08. The molecule has 1 aromatic carbocycles. The minimum Gasteiger partial charge on any atom is -0.411 e. The van der Waals surface area contributed by atoms with E-state index in [9.17, 15) is 0 Å². The fourth-order valence-electron chi connectivity index (χ4n) is 1.07. The highest BCUT2D eigenvalue weighted by Gasteiger charge is 2.07. The molecule has 0 unspecified atom stereocenters. The number of nitrogens with zero attached hydrogens (tertiary/aromatic N) is 1. The molecule has 0 aromatic heterocycles. The molecule has 0 saturated carbocycles. The van der Waals surface area contributed by atoms with Gasteiger partial charge >= 0.3 is 0 Å². The van der Waals surface area contributed by atoms with E-state index in [1.54, 1.807) is 0 Å². The van der Waals surface area contributed by atoms with Crippen LogP contribution in [0.4, 0.5) is 0 Å². The summed E-state index contributed by atoms with van der Waals surface area (Å²) in [5.74, 6) is 0.191. The summed E-state index contributed by atoms with van der Waals surface area (Å²) in [6, 6.07) is 9.99. The van der Waals surface area contributed by atoms with E-state index in [1.807, 2.05) is 44.2 Å². The van der Waals surface area contributed by atoms with E-state index in [1.165, 1.54) is 5.56 Å². The Kier molecular flexibility index (Phi) is 2.86. The molecule has 0 heterocycles. The maximum absolute atomic E-state index is 8.55. The van der Waals surface area contributed by atoms with Gasteiger partial charge in [-0.1, -0.05) is 42.4 Å². The topological polar surface area (TPSA) is 32.6 Å². The summed E-state index contributed by atoms with van der Waals surface area (Å²) in [7, 11) is 0. The van der Waals surface area contributed by atoms with Crippen molar-refractivity contribution in [3.8, 4) is 0 Å². The van der Waals surface area contributed by atoms with Crippen LogP contribution >= 0.6 is 0 Å². The van der Waals surface area contributed by atoms with Gasteiger partial charge in [-0.3, -0.25) is 0 Å². The lowest BCUT2D eigenvalue weighted by Crippen LogP contribution is -2.04. The van der Waals surface area contributed by atoms with Crippen molar-refractivity contribution in [2.45, 2.75) is 19.8 Å². The van der Waals surface area contributed by atoms with Crippen LogP contribution in [0.25, 0.3) is 0 Å². The minimum absolute atomic E-state index is 0.191. The van der Waals surface area contributed by atoms with Gasteiger partial charge < -0.3 is 5.21 Å². The fraction of sp³-hybridized carbons (Fsp3) is 0.300. The number of benzene rings is 1. The second kappa shape index (κ2) is 3.90. The van der Waals surface area contributed by atoms with Crippen molar-refractivity contribution in [1.29, 1.82) is 0 Å². The quantitative estimate of drug-likeness (QED) is 0.405. The van der Waals surface area contributed by atoms with Gasteiger partial charge in [-0.2, -0.15) is 0 Å². The van der Waals surface area contributed by atoms with Crippen LogP contribution < -0.4 is 0 Å². The molecule has 1 N–H and O–H groups in total. The van der Waals surface area contributed by atoms with Crippen LogP contribution in [0.15, 0.2) is 35.5 Å².